The van der Waals surface area contributed by atoms with E-state index >= 15 is 0 Å². The number of aliphatic hydroxyl groups excluding tert-OH is 3. The topological polar surface area (TPSA) is 89.8 Å². The first-order valence-corrected chi connectivity index (χ1v) is 24.3. The lowest BCUT2D eigenvalue weighted by Gasteiger charge is -2.26. The van der Waals surface area contributed by atoms with Crippen LogP contribution in [0.4, 0.5) is 0 Å². The lowest BCUT2D eigenvalue weighted by atomic mass is 9.99. The third kappa shape index (κ3) is 39.4. The maximum absolute atomic E-state index is 12.5. The van der Waals surface area contributed by atoms with Crippen molar-refractivity contribution in [3.05, 3.63) is 0 Å². The fourth-order valence-corrected chi connectivity index (χ4v) is 7.93. The molecule has 0 saturated carbocycles. The lowest BCUT2D eigenvalue weighted by Crippen LogP contribution is -2.50. The van der Waals surface area contributed by atoms with Crippen LogP contribution in [0.3, 0.4) is 0 Å². The Morgan fingerprint density at radius 3 is 0.906 bits per heavy atom. The van der Waals surface area contributed by atoms with Crippen molar-refractivity contribution >= 4 is 5.91 Å². The number of amides is 1. The molecule has 5 heteroatoms. The fraction of sp³-hybridized carbons (Fsp3) is 0.979. The van der Waals surface area contributed by atoms with Gasteiger partial charge in [0, 0.05) is 6.42 Å². The zero-order valence-electron chi connectivity index (χ0n) is 36.2. The molecular weight excluding hydrogens is 655 g/mol. The van der Waals surface area contributed by atoms with Crippen molar-refractivity contribution in [2.75, 3.05) is 6.61 Å². The molecule has 4 N–H and O–H groups in total. The van der Waals surface area contributed by atoms with Crippen molar-refractivity contribution in [1.82, 2.24) is 5.32 Å². The van der Waals surface area contributed by atoms with Crippen LogP contribution in [-0.4, -0.2) is 46.1 Å². The van der Waals surface area contributed by atoms with Gasteiger partial charge in [0.15, 0.2) is 0 Å². The Kier molecular flexibility index (Phi) is 43.5. The normalized spacial score (nSPS) is 13.4. The summed E-state index contributed by atoms with van der Waals surface area (Å²) in [7, 11) is 0. The summed E-state index contributed by atoms with van der Waals surface area (Å²) in [4.78, 5) is 12.5. The smallest absolute Gasteiger partial charge is 0.220 e. The Hall–Kier alpha value is -0.650. The van der Waals surface area contributed by atoms with Crippen LogP contribution in [0.5, 0.6) is 0 Å². The van der Waals surface area contributed by atoms with Crippen molar-refractivity contribution in [2.45, 2.75) is 295 Å². The maximum atomic E-state index is 12.5. The van der Waals surface area contributed by atoms with Gasteiger partial charge in [-0.2, -0.15) is 0 Å². The van der Waals surface area contributed by atoms with Crippen molar-refractivity contribution in [3.63, 3.8) is 0 Å². The molecule has 3 atom stereocenters. The number of hydrogen-bond acceptors (Lipinski definition) is 4. The third-order valence-electron chi connectivity index (χ3n) is 11.7. The van der Waals surface area contributed by atoms with Gasteiger partial charge in [-0.15, -0.1) is 0 Å². The van der Waals surface area contributed by atoms with Gasteiger partial charge < -0.3 is 20.6 Å². The molecule has 3 unspecified atom stereocenters. The van der Waals surface area contributed by atoms with E-state index in [9.17, 15) is 20.1 Å². The van der Waals surface area contributed by atoms with E-state index < -0.39 is 18.2 Å². The minimum atomic E-state index is -1.13. The standard InChI is InChI=1S/C48H97NO4/c1-3-5-7-9-11-13-15-17-19-20-21-22-23-24-25-26-27-28-29-31-33-35-37-39-41-43-47(52)49-45(44-50)48(53)46(51)42-40-38-36-34-32-30-18-16-14-12-10-8-6-4-2/h45-46,48,50-51,53H,3-44H2,1-2H3,(H,49,52). The van der Waals surface area contributed by atoms with Crippen LogP contribution in [0.2, 0.25) is 0 Å². The van der Waals surface area contributed by atoms with Gasteiger partial charge in [-0.05, 0) is 12.8 Å². The first-order chi connectivity index (χ1) is 26.1. The van der Waals surface area contributed by atoms with Crippen molar-refractivity contribution in [3.8, 4) is 0 Å². The molecule has 0 saturated heterocycles. The quantitative estimate of drug-likeness (QED) is 0.0466. The highest BCUT2D eigenvalue weighted by molar-refractivity contribution is 5.76. The summed E-state index contributed by atoms with van der Waals surface area (Å²) in [5, 5.41) is 33.6. The minimum Gasteiger partial charge on any atom is -0.394 e. The van der Waals surface area contributed by atoms with Gasteiger partial charge in [0.1, 0.15) is 6.10 Å². The molecular formula is C48H97NO4. The highest BCUT2D eigenvalue weighted by Crippen LogP contribution is 2.18. The Morgan fingerprint density at radius 1 is 0.396 bits per heavy atom. The Morgan fingerprint density at radius 2 is 0.642 bits per heavy atom. The zero-order valence-corrected chi connectivity index (χ0v) is 36.2. The molecule has 0 aromatic rings. The molecule has 0 aromatic carbocycles. The van der Waals surface area contributed by atoms with Crippen molar-refractivity contribution < 1.29 is 20.1 Å². The van der Waals surface area contributed by atoms with Gasteiger partial charge in [-0.3, -0.25) is 4.79 Å². The van der Waals surface area contributed by atoms with Crippen LogP contribution in [0.15, 0.2) is 0 Å². The molecule has 0 bridgehead atoms. The van der Waals surface area contributed by atoms with Gasteiger partial charge in [0.2, 0.25) is 5.91 Å². The van der Waals surface area contributed by atoms with E-state index in [0.717, 1.165) is 32.1 Å². The Balaban J connectivity index is 3.51. The van der Waals surface area contributed by atoms with Crippen molar-refractivity contribution in [1.29, 1.82) is 0 Å². The molecule has 0 aliphatic rings. The number of rotatable bonds is 45. The van der Waals surface area contributed by atoms with Crippen LogP contribution in [0.25, 0.3) is 0 Å². The van der Waals surface area contributed by atoms with Gasteiger partial charge in [0.05, 0.1) is 18.8 Å². The number of hydrogen-bond donors (Lipinski definition) is 4. The van der Waals surface area contributed by atoms with Crippen LogP contribution >= 0.6 is 0 Å². The molecule has 1 amide bonds. The molecule has 0 radical (unpaired) electrons. The average Bonchev–Trinajstić information content (AvgIpc) is 3.16. The first kappa shape index (κ1) is 52.3. The summed E-state index contributed by atoms with van der Waals surface area (Å²) in [6, 6.07) is -0.802. The Labute approximate surface area is 332 Å². The highest BCUT2D eigenvalue weighted by Gasteiger charge is 2.26. The molecule has 53 heavy (non-hydrogen) atoms. The summed E-state index contributed by atoms with van der Waals surface area (Å²) in [6.07, 6.45) is 50.9. The minimum absolute atomic E-state index is 0.138. The van der Waals surface area contributed by atoms with E-state index in [4.69, 9.17) is 0 Å². The number of carbonyl (C=O) groups is 1. The summed E-state index contributed by atoms with van der Waals surface area (Å²) in [5.74, 6) is -0.138. The van der Waals surface area contributed by atoms with Gasteiger partial charge in [-0.1, -0.05) is 258 Å². The molecule has 0 aliphatic carbocycles. The van der Waals surface area contributed by atoms with Crippen molar-refractivity contribution in [2.24, 2.45) is 0 Å². The number of unbranched alkanes of at least 4 members (excludes halogenated alkanes) is 37. The average molecular weight is 752 g/mol. The van der Waals surface area contributed by atoms with Crippen LogP contribution in [-0.2, 0) is 4.79 Å². The number of carbonyl (C=O) groups excluding carboxylic acids is 1. The molecule has 318 valence electrons. The molecule has 0 rings (SSSR count). The Bertz CT molecular complexity index is 703. The van der Waals surface area contributed by atoms with E-state index in [2.05, 4.69) is 19.2 Å². The largest absolute Gasteiger partial charge is 0.394 e. The molecule has 0 fully saturated rings. The van der Waals surface area contributed by atoms with E-state index in [1.54, 1.807) is 0 Å². The molecule has 0 aliphatic heterocycles. The second-order valence-corrected chi connectivity index (χ2v) is 17.0. The predicted molar refractivity (Wildman–Crippen MR) is 232 cm³/mol. The SMILES string of the molecule is CCCCCCCCCCCCCCCCCCCCCCCCCCCC(=O)NC(CO)C(O)C(O)CCCCCCCCCCCCCCCC. The van der Waals surface area contributed by atoms with Gasteiger partial charge in [0.25, 0.3) is 0 Å². The molecule has 0 aromatic heterocycles. The monoisotopic (exact) mass is 752 g/mol. The van der Waals surface area contributed by atoms with E-state index in [-0.39, 0.29) is 12.5 Å². The van der Waals surface area contributed by atoms with Gasteiger partial charge >= 0.3 is 0 Å². The first-order valence-electron chi connectivity index (χ1n) is 24.3. The fourth-order valence-electron chi connectivity index (χ4n) is 7.93. The number of nitrogens with one attached hydrogen (secondary N) is 1. The van der Waals surface area contributed by atoms with Gasteiger partial charge in [-0.25, -0.2) is 0 Å². The summed E-state index contributed by atoms with van der Waals surface area (Å²) >= 11 is 0. The number of aliphatic hydroxyl groups is 3. The maximum Gasteiger partial charge on any atom is 0.220 e. The van der Waals surface area contributed by atoms with Crippen LogP contribution in [0.1, 0.15) is 277 Å². The van der Waals surface area contributed by atoms with E-state index in [1.165, 1.54) is 218 Å². The highest BCUT2D eigenvalue weighted by atomic mass is 16.3. The van der Waals surface area contributed by atoms with Crippen LogP contribution < -0.4 is 5.32 Å². The van der Waals surface area contributed by atoms with E-state index in [1.807, 2.05) is 0 Å². The predicted octanol–water partition coefficient (Wildman–Crippen LogP) is 14.2. The summed E-state index contributed by atoms with van der Waals surface area (Å²) < 4.78 is 0. The van der Waals surface area contributed by atoms with Crippen LogP contribution in [0, 0.1) is 0 Å². The van der Waals surface area contributed by atoms with E-state index in [0.29, 0.717) is 12.8 Å². The molecule has 0 heterocycles. The summed E-state index contributed by atoms with van der Waals surface area (Å²) in [6.45, 7) is 4.20. The molecule has 0 spiro atoms. The third-order valence-corrected chi connectivity index (χ3v) is 11.7. The second kappa shape index (κ2) is 44.1. The summed E-state index contributed by atoms with van der Waals surface area (Å²) in [5.41, 5.74) is 0. The lowest BCUT2D eigenvalue weighted by molar-refractivity contribution is -0.124. The molecule has 5 nitrogen and oxygen atoms in total. The second-order valence-electron chi connectivity index (χ2n) is 17.0. The zero-order chi connectivity index (χ0) is 38.7.